The van der Waals surface area contributed by atoms with Gasteiger partial charge >= 0.3 is 0 Å². The molecule has 0 aliphatic heterocycles. The first-order valence-corrected chi connectivity index (χ1v) is 15.2. The molecule has 0 unspecified atom stereocenters. The van der Waals surface area contributed by atoms with Crippen molar-refractivity contribution in [2.24, 2.45) is 0 Å². The molecule has 0 saturated carbocycles. The van der Waals surface area contributed by atoms with Crippen LogP contribution in [0.3, 0.4) is 0 Å². The van der Waals surface area contributed by atoms with E-state index in [0.29, 0.717) is 17.5 Å². The van der Waals surface area contributed by atoms with E-state index in [-0.39, 0.29) is 0 Å². The van der Waals surface area contributed by atoms with Gasteiger partial charge in [-0.1, -0.05) is 96.5 Å². The lowest BCUT2D eigenvalue weighted by Crippen LogP contribution is -2.00. The minimum atomic E-state index is 0.592. The smallest absolute Gasteiger partial charge is 0.164 e. The predicted octanol–water partition coefficient (Wildman–Crippen LogP) is 10.9. The van der Waals surface area contributed by atoms with E-state index in [0.717, 1.165) is 59.1 Å². The molecule has 6 heteroatoms. The van der Waals surface area contributed by atoms with E-state index >= 15 is 0 Å². The van der Waals surface area contributed by atoms with E-state index in [1.54, 1.807) is 11.3 Å². The van der Waals surface area contributed by atoms with Crippen molar-refractivity contribution in [1.82, 2.24) is 15.0 Å². The molecule has 9 rings (SSSR count). The van der Waals surface area contributed by atoms with E-state index in [2.05, 4.69) is 48.5 Å². The maximum atomic E-state index is 6.83. The first-order chi connectivity index (χ1) is 21.2. The maximum absolute atomic E-state index is 6.83. The largest absolute Gasteiger partial charge is 0.456 e. The predicted molar refractivity (Wildman–Crippen MR) is 179 cm³/mol. The van der Waals surface area contributed by atoms with Crippen LogP contribution < -0.4 is 0 Å². The Morgan fingerprint density at radius 1 is 0.535 bits per heavy atom. The summed E-state index contributed by atoms with van der Waals surface area (Å²) in [4.78, 5) is 15.3. The van der Waals surface area contributed by atoms with Crippen molar-refractivity contribution < 1.29 is 4.42 Å². The van der Waals surface area contributed by atoms with E-state index in [4.69, 9.17) is 31.0 Å². The van der Waals surface area contributed by atoms with Gasteiger partial charge in [0.1, 0.15) is 11.2 Å². The Labute approximate surface area is 254 Å². The molecule has 0 N–H and O–H groups in total. The molecule has 6 aromatic carbocycles. The van der Waals surface area contributed by atoms with Crippen molar-refractivity contribution in [3.63, 3.8) is 0 Å². The zero-order chi connectivity index (χ0) is 28.5. The Balaban J connectivity index is 1.37. The molecule has 0 bridgehead atoms. The van der Waals surface area contributed by atoms with Gasteiger partial charge in [-0.15, -0.1) is 11.3 Å². The summed E-state index contributed by atoms with van der Waals surface area (Å²) >= 11 is 8.53. The maximum Gasteiger partial charge on any atom is 0.164 e. The summed E-state index contributed by atoms with van der Waals surface area (Å²) in [7, 11) is 0. The minimum absolute atomic E-state index is 0.592. The molecule has 0 spiro atoms. The van der Waals surface area contributed by atoms with Crippen molar-refractivity contribution in [1.29, 1.82) is 0 Å². The zero-order valence-corrected chi connectivity index (χ0v) is 24.2. The Morgan fingerprint density at radius 3 is 2.05 bits per heavy atom. The number of fused-ring (bicyclic) bond motifs is 7. The molecule has 0 radical (unpaired) electrons. The highest BCUT2D eigenvalue weighted by Crippen LogP contribution is 2.44. The summed E-state index contributed by atoms with van der Waals surface area (Å²) in [5, 5.41) is 7.32. The van der Waals surface area contributed by atoms with E-state index in [1.165, 1.54) is 15.5 Å². The van der Waals surface area contributed by atoms with Gasteiger partial charge in [0.05, 0.1) is 9.72 Å². The average Bonchev–Trinajstić information content (AvgIpc) is 3.63. The van der Waals surface area contributed by atoms with Crippen LogP contribution in [0.1, 0.15) is 0 Å². The van der Waals surface area contributed by atoms with Crippen LogP contribution in [0.4, 0.5) is 0 Å². The van der Waals surface area contributed by atoms with Gasteiger partial charge in [-0.25, -0.2) is 15.0 Å². The van der Waals surface area contributed by atoms with Gasteiger partial charge < -0.3 is 4.42 Å². The second-order valence-electron chi connectivity index (χ2n) is 10.5. The summed E-state index contributed by atoms with van der Waals surface area (Å²) in [6.45, 7) is 0. The third-order valence-corrected chi connectivity index (χ3v) is 9.60. The molecule has 0 fully saturated rings. The van der Waals surface area contributed by atoms with Crippen LogP contribution in [-0.2, 0) is 0 Å². The first kappa shape index (κ1) is 24.5. The molecule has 9 aromatic rings. The van der Waals surface area contributed by atoms with Crippen molar-refractivity contribution in [3.8, 4) is 34.2 Å². The summed E-state index contributed by atoms with van der Waals surface area (Å²) in [5.41, 5.74) is 4.37. The van der Waals surface area contributed by atoms with E-state index in [9.17, 15) is 0 Å². The lowest BCUT2D eigenvalue weighted by atomic mass is 10.0. The second-order valence-corrected chi connectivity index (χ2v) is 12.0. The van der Waals surface area contributed by atoms with Gasteiger partial charge in [-0.3, -0.25) is 0 Å². The van der Waals surface area contributed by atoms with E-state index in [1.807, 2.05) is 72.8 Å². The molecule has 0 amide bonds. The molecule has 4 nitrogen and oxygen atoms in total. The van der Waals surface area contributed by atoms with Crippen LogP contribution in [0, 0.1) is 0 Å². The standard InChI is InChI=1S/C37H20ClN3OS/c38-28-18-17-26(33-27-19-22-11-4-5-12-23(22)20-31(27)43-34(28)33)37-40-35(21-9-2-1-3-10-21)39-36(41-37)25-14-8-16-30-32(25)24-13-6-7-15-29(24)42-30/h1-20H. The number of benzene rings is 6. The van der Waals surface area contributed by atoms with Crippen LogP contribution in [0.25, 0.3) is 87.0 Å². The van der Waals surface area contributed by atoms with Crippen LogP contribution in [0.5, 0.6) is 0 Å². The highest BCUT2D eigenvalue weighted by Gasteiger charge is 2.21. The summed E-state index contributed by atoms with van der Waals surface area (Å²) < 4.78 is 8.40. The molecule has 0 saturated heterocycles. The summed E-state index contributed by atoms with van der Waals surface area (Å²) in [6, 6.07) is 41.1. The number of rotatable bonds is 3. The fourth-order valence-electron chi connectivity index (χ4n) is 6.01. The SMILES string of the molecule is Clc1ccc(-c2nc(-c3ccccc3)nc(-c3cccc4oc5ccccc5c34)n2)c2c1sc1cc3ccccc3cc12. The van der Waals surface area contributed by atoms with Crippen molar-refractivity contribution in [2.75, 3.05) is 0 Å². The lowest BCUT2D eigenvalue weighted by molar-refractivity contribution is 0.669. The van der Waals surface area contributed by atoms with Gasteiger partial charge in [0.2, 0.25) is 0 Å². The average molecular weight is 590 g/mol. The Bertz CT molecular complexity index is 2530. The number of hydrogen-bond donors (Lipinski definition) is 0. The van der Waals surface area contributed by atoms with Gasteiger partial charge in [0.15, 0.2) is 17.5 Å². The normalized spacial score (nSPS) is 11.8. The first-order valence-electron chi connectivity index (χ1n) is 14.0. The molecule has 0 aliphatic carbocycles. The van der Waals surface area contributed by atoms with Gasteiger partial charge in [0.25, 0.3) is 0 Å². The number of hydrogen-bond acceptors (Lipinski definition) is 5. The summed E-state index contributed by atoms with van der Waals surface area (Å²) in [6.07, 6.45) is 0. The molecule has 43 heavy (non-hydrogen) atoms. The number of aromatic nitrogens is 3. The second kappa shape index (κ2) is 9.46. The molecule has 0 aliphatic rings. The Hall–Kier alpha value is -5.10. The third-order valence-electron chi connectivity index (χ3n) is 7.99. The fourth-order valence-corrected chi connectivity index (χ4v) is 7.45. The Morgan fingerprint density at radius 2 is 1.21 bits per heavy atom. The van der Waals surface area contributed by atoms with Crippen LogP contribution in [0.15, 0.2) is 126 Å². The number of nitrogens with zero attached hydrogens (tertiary/aromatic N) is 3. The van der Waals surface area contributed by atoms with Crippen LogP contribution in [-0.4, -0.2) is 15.0 Å². The van der Waals surface area contributed by atoms with Crippen molar-refractivity contribution in [2.45, 2.75) is 0 Å². The minimum Gasteiger partial charge on any atom is -0.456 e. The number of thiophene rings is 1. The van der Waals surface area contributed by atoms with Gasteiger partial charge in [-0.05, 0) is 47.2 Å². The van der Waals surface area contributed by atoms with Gasteiger partial charge in [-0.2, -0.15) is 0 Å². The molecule has 202 valence electrons. The molecule has 3 aromatic heterocycles. The molecule has 0 atom stereocenters. The number of furan rings is 1. The quantitative estimate of drug-likeness (QED) is 0.206. The topological polar surface area (TPSA) is 51.8 Å². The molecule has 3 heterocycles. The monoisotopic (exact) mass is 589 g/mol. The van der Waals surface area contributed by atoms with Crippen LogP contribution in [0.2, 0.25) is 5.02 Å². The number of para-hydroxylation sites is 1. The molecular formula is C37H20ClN3OS. The highest BCUT2D eigenvalue weighted by molar-refractivity contribution is 7.26. The third kappa shape index (κ3) is 3.86. The van der Waals surface area contributed by atoms with Crippen LogP contribution >= 0.6 is 22.9 Å². The molecular weight excluding hydrogens is 570 g/mol. The lowest BCUT2D eigenvalue weighted by Gasteiger charge is -2.11. The number of halogens is 1. The fraction of sp³-hybridized carbons (Fsp3) is 0. The van der Waals surface area contributed by atoms with E-state index < -0.39 is 0 Å². The highest BCUT2D eigenvalue weighted by atomic mass is 35.5. The van der Waals surface area contributed by atoms with Crippen molar-refractivity contribution in [3.05, 3.63) is 126 Å². The zero-order valence-electron chi connectivity index (χ0n) is 22.6. The Kier molecular flexibility index (Phi) is 5.39. The van der Waals surface area contributed by atoms with Gasteiger partial charge in [0, 0.05) is 42.9 Å². The van der Waals surface area contributed by atoms with Crippen molar-refractivity contribution >= 4 is 75.8 Å². The summed E-state index contributed by atoms with van der Waals surface area (Å²) in [5.74, 6) is 1.80.